The highest BCUT2D eigenvalue weighted by molar-refractivity contribution is 5.83. The summed E-state index contributed by atoms with van der Waals surface area (Å²) in [4.78, 5) is 22.4. The molecule has 0 aromatic carbocycles. The maximum Gasteiger partial charge on any atom is 0.330 e. The number of hydrogen-bond acceptors (Lipinski definition) is 3. The SMILES string of the molecule is CCCCCCOC(=O)/C=C\C1C(C(=O)O)C1(C)C. The first-order chi connectivity index (χ1) is 8.91. The van der Waals surface area contributed by atoms with Crippen molar-refractivity contribution in [3.63, 3.8) is 0 Å². The molecule has 0 amide bonds. The summed E-state index contributed by atoms with van der Waals surface area (Å²) in [6.45, 7) is 6.37. The Morgan fingerprint density at radius 3 is 2.47 bits per heavy atom. The lowest BCUT2D eigenvalue weighted by atomic mass is 10.1. The van der Waals surface area contributed by atoms with Crippen LogP contribution in [0.4, 0.5) is 0 Å². The fraction of sp³-hybridized carbons (Fsp3) is 0.733. The van der Waals surface area contributed by atoms with Gasteiger partial charge in [-0.2, -0.15) is 0 Å². The summed E-state index contributed by atoms with van der Waals surface area (Å²) < 4.78 is 5.06. The van der Waals surface area contributed by atoms with Gasteiger partial charge >= 0.3 is 11.9 Å². The molecule has 1 aliphatic rings. The van der Waals surface area contributed by atoms with Crippen molar-refractivity contribution in [2.75, 3.05) is 6.61 Å². The number of ether oxygens (including phenoxy) is 1. The minimum atomic E-state index is -0.799. The van der Waals surface area contributed by atoms with Crippen LogP contribution in [-0.4, -0.2) is 23.7 Å². The van der Waals surface area contributed by atoms with Crippen LogP contribution in [0.1, 0.15) is 46.5 Å². The molecular formula is C15H24O4. The molecule has 0 bridgehead atoms. The lowest BCUT2D eigenvalue weighted by Crippen LogP contribution is -2.03. The number of hydrogen-bond donors (Lipinski definition) is 1. The van der Waals surface area contributed by atoms with E-state index in [4.69, 9.17) is 9.84 Å². The van der Waals surface area contributed by atoms with Gasteiger partial charge < -0.3 is 9.84 Å². The second-order valence-electron chi connectivity index (χ2n) is 5.75. The summed E-state index contributed by atoms with van der Waals surface area (Å²) in [6.07, 6.45) is 7.32. The largest absolute Gasteiger partial charge is 0.481 e. The third-order valence-corrected chi connectivity index (χ3v) is 3.86. The summed E-state index contributed by atoms with van der Waals surface area (Å²) in [6, 6.07) is 0. The van der Waals surface area contributed by atoms with Crippen LogP contribution in [0.3, 0.4) is 0 Å². The molecule has 4 heteroatoms. The number of carbonyl (C=O) groups is 2. The quantitative estimate of drug-likeness (QED) is 0.417. The van der Waals surface area contributed by atoms with Crippen molar-refractivity contribution < 1.29 is 19.4 Å². The van der Waals surface area contributed by atoms with Crippen molar-refractivity contribution >= 4 is 11.9 Å². The van der Waals surface area contributed by atoms with Gasteiger partial charge in [0.15, 0.2) is 0 Å². The van der Waals surface area contributed by atoms with E-state index in [1.807, 2.05) is 13.8 Å². The van der Waals surface area contributed by atoms with Gasteiger partial charge in [0, 0.05) is 6.08 Å². The number of rotatable bonds is 8. The van der Waals surface area contributed by atoms with Crippen molar-refractivity contribution in [1.82, 2.24) is 0 Å². The Labute approximate surface area is 114 Å². The molecule has 2 unspecified atom stereocenters. The Morgan fingerprint density at radius 1 is 1.26 bits per heavy atom. The molecule has 0 saturated heterocycles. The standard InChI is InChI=1S/C15H24O4/c1-4-5-6-7-10-19-12(16)9-8-11-13(14(17)18)15(11,2)3/h8-9,11,13H,4-7,10H2,1-3H3,(H,17,18)/b9-8-. The zero-order valence-electron chi connectivity index (χ0n) is 12.0. The van der Waals surface area contributed by atoms with Gasteiger partial charge in [-0.25, -0.2) is 4.79 Å². The van der Waals surface area contributed by atoms with E-state index in [1.165, 1.54) is 6.08 Å². The maximum absolute atomic E-state index is 11.4. The predicted molar refractivity (Wildman–Crippen MR) is 72.6 cm³/mol. The van der Waals surface area contributed by atoms with Crippen molar-refractivity contribution in [3.8, 4) is 0 Å². The van der Waals surface area contributed by atoms with E-state index in [2.05, 4.69) is 6.92 Å². The lowest BCUT2D eigenvalue weighted by molar-refractivity contribution is -0.140. The molecule has 0 aliphatic heterocycles. The van der Waals surface area contributed by atoms with Crippen molar-refractivity contribution in [2.45, 2.75) is 46.5 Å². The van der Waals surface area contributed by atoms with Gasteiger partial charge in [-0.05, 0) is 17.8 Å². The van der Waals surface area contributed by atoms with Gasteiger partial charge in [-0.1, -0.05) is 46.1 Å². The van der Waals surface area contributed by atoms with Crippen LogP contribution < -0.4 is 0 Å². The number of allylic oxidation sites excluding steroid dienone is 1. The van der Waals surface area contributed by atoms with Crippen LogP contribution in [0.25, 0.3) is 0 Å². The third kappa shape index (κ3) is 4.37. The summed E-state index contributed by atoms with van der Waals surface area (Å²) in [5, 5.41) is 9.00. The fourth-order valence-electron chi connectivity index (χ4n) is 2.44. The number of carboxylic acids is 1. The molecule has 0 spiro atoms. The van der Waals surface area contributed by atoms with E-state index in [-0.39, 0.29) is 23.2 Å². The average Bonchev–Trinajstić information content (AvgIpc) is 2.88. The van der Waals surface area contributed by atoms with Crippen LogP contribution >= 0.6 is 0 Å². The van der Waals surface area contributed by atoms with E-state index in [9.17, 15) is 9.59 Å². The van der Waals surface area contributed by atoms with Crippen LogP contribution in [0, 0.1) is 17.3 Å². The van der Waals surface area contributed by atoms with E-state index < -0.39 is 5.97 Å². The second kappa shape index (κ2) is 6.73. The molecule has 0 aromatic rings. The van der Waals surface area contributed by atoms with Gasteiger partial charge in [0.2, 0.25) is 0 Å². The van der Waals surface area contributed by atoms with Crippen molar-refractivity contribution in [3.05, 3.63) is 12.2 Å². The highest BCUT2D eigenvalue weighted by Crippen LogP contribution is 2.58. The van der Waals surface area contributed by atoms with Crippen molar-refractivity contribution in [2.24, 2.45) is 17.3 Å². The molecule has 19 heavy (non-hydrogen) atoms. The van der Waals surface area contributed by atoms with Crippen LogP contribution in [0.5, 0.6) is 0 Å². The highest BCUT2D eigenvalue weighted by atomic mass is 16.5. The first kappa shape index (κ1) is 15.7. The summed E-state index contributed by atoms with van der Waals surface area (Å²) in [7, 11) is 0. The Hall–Kier alpha value is -1.32. The lowest BCUT2D eigenvalue weighted by Gasteiger charge is -2.01. The Kier molecular flexibility index (Phi) is 5.58. The van der Waals surface area contributed by atoms with E-state index in [0.717, 1.165) is 25.7 Å². The normalized spacial score (nSPS) is 24.4. The molecule has 1 N–H and O–H groups in total. The molecule has 1 rings (SSSR count). The van der Waals surface area contributed by atoms with Gasteiger partial charge in [0.05, 0.1) is 12.5 Å². The molecule has 4 nitrogen and oxygen atoms in total. The number of aliphatic carboxylic acids is 1. The first-order valence-electron chi connectivity index (χ1n) is 6.99. The average molecular weight is 268 g/mol. The van der Waals surface area contributed by atoms with Crippen LogP contribution in [0.15, 0.2) is 12.2 Å². The minimum Gasteiger partial charge on any atom is -0.481 e. The molecule has 0 heterocycles. The van der Waals surface area contributed by atoms with Gasteiger partial charge in [0.25, 0.3) is 0 Å². The zero-order chi connectivity index (χ0) is 14.5. The van der Waals surface area contributed by atoms with E-state index in [0.29, 0.717) is 6.61 Å². The smallest absolute Gasteiger partial charge is 0.330 e. The molecule has 0 radical (unpaired) electrons. The Morgan fingerprint density at radius 2 is 1.95 bits per heavy atom. The minimum absolute atomic E-state index is 0.0716. The van der Waals surface area contributed by atoms with Gasteiger partial charge in [0.1, 0.15) is 0 Å². The molecule has 0 aromatic heterocycles. The number of carboxylic acid groups (broad SMARTS) is 1. The molecule has 1 aliphatic carbocycles. The van der Waals surface area contributed by atoms with E-state index in [1.54, 1.807) is 6.08 Å². The third-order valence-electron chi connectivity index (χ3n) is 3.86. The second-order valence-corrected chi connectivity index (χ2v) is 5.75. The summed E-state index contributed by atoms with van der Waals surface area (Å²) in [5.74, 6) is -1.63. The topological polar surface area (TPSA) is 63.6 Å². The molecule has 2 atom stereocenters. The fourth-order valence-corrected chi connectivity index (χ4v) is 2.44. The van der Waals surface area contributed by atoms with Gasteiger partial charge in [-0.3, -0.25) is 4.79 Å². The monoisotopic (exact) mass is 268 g/mol. The molecule has 1 saturated carbocycles. The number of carbonyl (C=O) groups excluding carboxylic acids is 1. The van der Waals surface area contributed by atoms with Crippen LogP contribution in [0.2, 0.25) is 0 Å². The predicted octanol–water partition coefficient (Wildman–Crippen LogP) is 3.02. The zero-order valence-corrected chi connectivity index (χ0v) is 12.0. The number of esters is 1. The maximum atomic E-state index is 11.4. The summed E-state index contributed by atoms with van der Waals surface area (Å²) in [5.41, 5.74) is -0.260. The summed E-state index contributed by atoms with van der Waals surface area (Å²) >= 11 is 0. The Bertz CT molecular complexity index is 357. The molecule has 108 valence electrons. The van der Waals surface area contributed by atoms with Gasteiger partial charge in [-0.15, -0.1) is 0 Å². The van der Waals surface area contributed by atoms with Crippen molar-refractivity contribution in [1.29, 1.82) is 0 Å². The van der Waals surface area contributed by atoms with E-state index >= 15 is 0 Å². The molecular weight excluding hydrogens is 244 g/mol. The molecule has 1 fully saturated rings. The van der Waals surface area contributed by atoms with Crippen LogP contribution in [-0.2, 0) is 14.3 Å². The highest BCUT2D eigenvalue weighted by Gasteiger charge is 2.60. The Balaban J connectivity index is 2.26. The number of unbranched alkanes of at least 4 members (excludes halogenated alkanes) is 3. The first-order valence-corrected chi connectivity index (χ1v) is 6.99.